The molecule has 0 unspecified atom stereocenters. The number of anilines is 2. The first-order valence-corrected chi connectivity index (χ1v) is 10.5. The van der Waals surface area contributed by atoms with Gasteiger partial charge in [-0.2, -0.15) is 5.10 Å². The number of nitrogens with one attached hydrogen (secondary N) is 2. The van der Waals surface area contributed by atoms with E-state index in [1.165, 1.54) is 6.20 Å². The Morgan fingerprint density at radius 2 is 1.30 bits per heavy atom. The normalized spacial score (nSPS) is 11.1. The third-order valence-corrected chi connectivity index (χ3v) is 5.45. The zero-order valence-corrected chi connectivity index (χ0v) is 18.1. The SMILES string of the molecule is Cn1ncc(NC(=O)CC(=O)O)c1NC(c1ccccc1)(c1ccccc1)c1ccccc1. The van der Waals surface area contributed by atoms with Crippen LogP contribution in [0.5, 0.6) is 0 Å². The summed E-state index contributed by atoms with van der Waals surface area (Å²) >= 11 is 0. The Morgan fingerprint density at radius 3 is 1.73 bits per heavy atom. The van der Waals surface area contributed by atoms with Crippen molar-refractivity contribution in [2.24, 2.45) is 7.05 Å². The lowest BCUT2D eigenvalue weighted by Gasteiger charge is -2.38. The highest BCUT2D eigenvalue weighted by atomic mass is 16.4. The van der Waals surface area contributed by atoms with Crippen LogP contribution < -0.4 is 10.6 Å². The first-order chi connectivity index (χ1) is 16.0. The number of benzene rings is 3. The lowest BCUT2D eigenvalue weighted by atomic mass is 9.77. The molecule has 0 bridgehead atoms. The molecule has 1 aromatic heterocycles. The summed E-state index contributed by atoms with van der Waals surface area (Å²) in [5.41, 5.74) is 2.56. The Labute approximate surface area is 191 Å². The second kappa shape index (κ2) is 9.40. The van der Waals surface area contributed by atoms with Gasteiger partial charge in [0, 0.05) is 7.05 Å². The minimum absolute atomic E-state index is 0.399. The predicted molar refractivity (Wildman–Crippen MR) is 127 cm³/mol. The van der Waals surface area contributed by atoms with Crippen LogP contribution in [0.4, 0.5) is 11.5 Å². The van der Waals surface area contributed by atoms with Gasteiger partial charge in [-0.05, 0) is 16.7 Å². The Balaban J connectivity index is 1.90. The van der Waals surface area contributed by atoms with Crippen LogP contribution in [-0.2, 0) is 22.2 Å². The van der Waals surface area contributed by atoms with Gasteiger partial charge in [0.1, 0.15) is 23.5 Å². The number of carboxylic acids is 1. The molecule has 0 aliphatic heterocycles. The molecule has 0 saturated carbocycles. The lowest BCUT2D eigenvalue weighted by molar-refractivity contribution is -0.139. The average molecular weight is 441 g/mol. The van der Waals surface area contributed by atoms with Gasteiger partial charge in [-0.25, -0.2) is 0 Å². The fraction of sp³-hybridized carbons (Fsp3) is 0.115. The van der Waals surface area contributed by atoms with Crippen LogP contribution in [0.15, 0.2) is 97.2 Å². The van der Waals surface area contributed by atoms with Gasteiger partial charge in [-0.1, -0.05) is 91.0 Å². The third kappa shape index (κ3) is 4.48. The van der Waals surface area contributed by atoms with E-state index in [2.05, 4.69) is 15.7 Å². The van der Waals surface area contributed by atoms with Crippen LogP contribution in [0, 0.1) is 0 Å². The highest BCUT2D eigenvalue weighted by Gasteiger charge is 2.37. The molecule has 0 radical (unpaired) electrons. The molecule has 4 rings (SSSR count). The zero-order chi connectivity index (χ0) is 23.3. The molecular formula is C26H24N4O3. The molecule has 0 atom stereocenters. The zero-order valence-electron chi connectivity index (χ0n) is 18.1. The summed E-state index contributed by atoms with van der Waals surface area (Å²) in [6, 6.07) is 30.1. The topological polar surface area (TPSA) is 96.2 Å². The van der Waals surface area contributed by atoms with Crippen LogP contribution in [-0.4, -0.2) is 26.8 Å². The van der Waals surface area contributed by atoms with Gasteiger partial charge in [-0.15, -0.1) is 0 Å². The van der Waals surface area contributed by atoms with Crippen molar-refractivity contribution in [1.82, 2.24) is 9.78 Å². The number of aliphatic carboxylic acids is 1. The number of nitrogens with zero attached hydrogens (tertiary/aromatic N) is 2. The smallest absolute Gasteiger partial charge is 0.312 e. The summed E-state index contributed by atoms with van der Waals surface area (Å²) in [5.74, 6) is -1.27. The van der Waals surface area contributed by atoms with E-state index in [1.807, 2.05) is 91.0 Å². The van der Waals surface area contributed by atoms with Crippen LogP contribution in [0.1, 0.15) is 23.1 Å². The van der Waals surface area contributed by atoms with Crippen molar-refractivity contribution in [3.63, 3.8) is 0 Å². The Bertz CT molecular complexity index is 1140. The van der Waals surface area contributed by atoms with E-state index in [-0.39, 0.29) is 0 Å². The molecule has 4 aromatic rings. The van der Waals surface area contributed by atoms with Gasteiger partial charge in [0.15, 0.2) is 0 Å². The number of carbonyl (C=O) groups is 2. The fourth-order valence-electron chi connectivity index (χ4n) is 3.97. The number of carbonyl (C=O) groups excluding carboxylic acids is 1. The number of hydrogen-bond donors (Lipinski definition) is 3. The highest BCUT2D eigenvalue weighted by molar-refractivity contribution is 6.02. The van der Waals surface area contributed by atoms with Crippen LogP contribution in [0.2, 0.25) is 0 Å². The van der Waals surface area contributed by atoms with Crippen LogP contribution in [0.25, 0.3) is 0 Å². The molecule has 0 saturated heterocycles. The van der Waals surface area contributed by atoms with E-state index in [9.17, 15) is 9.59 Å². The predicted octanol–water partition coefficient (Wildman–Crippen LogP) is 4.24. The largest absolute Gasteiger partial charge is 0.481 e. The quantitative estimate of drug-likeness (QED) is 0.281. The molecule has 7 nitrogen and oxygen atoms in total. The summed E-state index contributed by atoms with van der Waals surface area (Å²) in [5, 5.41) is 19.6. The number of rotatable bonds is 8. The van der Waals surface area contributed by atoms with Crippen LogP contribution in [0.3, 0.4) is 0 Å². The number of aryl methyl sites for hydroxylation is 1. The standard InChI is InChI=1S/C26H24N4O3/c1-30-25(22(18-27-30)28-23(31)17-24(32)33)29-26(19-11-5-2-6-12-19,20-13-7-3-8-14-20)21-15-9-4-10-16-21/h2-16,18,29H,17H2,1H3,(H,28,31)(H,32,33). The molecular weight excluding hydrogens is 416 g/mol. The second-order valence-electron chi connectivity index (χ2n) is 7.62. The molecule has 3 aromatic carbocycles. The van der Waals surface area contributed by atoms with Gasteiger partial charge in [0.25, 0.3) is 0 Å². The second-order valence-corrected chi connectivity index (χ2v) is 7.62. The van der Waals surface area contributed by atoms with Crippen molar-refractivity contribution >= 4 is 23.4 Å². The Hall–Kier alpha value is -4.39. The highest BCUT2D eigenvalue weighted by Crippen LogP contribution is 2.41. The first-order valence-electron chi connectivity index (χ1n) is 10.5. The molecule has 1 amide bonds. The first kappa shape index (κ1) is 21.8. The van der Waals surface area contributed by atoms with Gasteiger partial charge in [0.2, 0.25) is 5.91 Å². The van der Waals surface area contributed by atoms with E-state index in [4.69, 9.17) is 5.11 Å². The summed E-state index contributed by atoms with van der Waals surface area (Å²) < 4.78 is 1.62. The van der Waals surface area contributed by atoms with E-state index >= 15 is 0 Å². The molecule has 166 valence electrons. The minimum atomic E-state index is -1.20. The van der Waals surface area contributed by atoms with Gasteiger partial charge >= 0.3 is 5.97 Å². The van der Waals surface area contributed by atoms with Crippen molar-refractivity contribution in [1.29, 1.82) is 0 Å². The molecule has 1 heterocycles. The molecule has 0 spiro atoms. The third-order valence-electron chi connectivity index (χ3n) is 5.45. The summed E-state index contributed by atoms with van der Waals surface area (Å²) in [6.45, 7) is 0. The van der Waals surface area contributed by atoms with E-state index in [0.29, 0.717) is 11.5 Å². The van der Waals surface area contributed by atoms with Crippen molar-refractivity contribution in [3.05, 3.63) is 114 Å². The molecule has 0 aliphatic rings. The summed E-state index contributed by atoms with van der Waals surface area (Å²) in [6.07, 6.45) is 0.878. The molecule has 0 fully saturated rings. The van der Waals surface area contributed by atoms with Crippen LogP contribution >= 0.6 is 0 Å². The number of carboxylic acid groups (broad SMARTS) is 1. The van der Waals surface area contributed by atoms with Gasteiger partial charge < -0.3 is 15.7 Å². The number of aromatic nitrogens is 2. The van der Waals surface area contributed by atoms with Crippen molar-refractivity contribution in [3.8, 4) is 0 Å². The van der Waals surface area contributed by atoms with E-state index < -0.39 is 23.8 Å². The van der Waals surface area contributed by atoms with Gasteiger partial charge in [0.05, 0.1) is 6.20 Å². The number of amides is 1. The molecule has 0 aliphatic carbocycles. The lowest BCUT2D eigenvalue weighted by Crippen LogP contribution is -2.39. The average Bonchev–Trinajstić information content (AvgIpc) is 3.17. The maximum absolute atomic E-state index is 12.2. The molecule has 7 heteroatoms. The maximum Gasteiger partial charge on any atom is 0.312 e. The van der Waals surface area contributed by atoms with Crippen molar-refractivity contribution in [2.45, 2.75) is 12.0 Å². The Morgan fingerprint density at radius 1 is 0.848 bits per heavy atom. The minimum Gasteiger partial charge on any atom is -0.481 e. The van der Waals surface area contributed by atoms with Gasteiger partial charge in [-0.3, -0.25) is 14.3 Å². The van der Waals surface area contributed by atoms with Crippen molar-refractivity contribution in [2.75, 3.05) is 10.6 Å². The molecule has 33 heavy (non-hydrogen) atoms. The van der Waals surface area contributed by atoms with E-state index in [1.54, 1.807) is 11.7 Å². The monoisotopic (exact) mass is 440 g/mol. The fourth-order valence-corrected chi connectivity index (χ4v) is 3.97. The number of hydrogen-bond acceptors (Lipinski definition) is 4. The Kier molecular flexibility index (Phi) is 6.22. The van der Waals surface area contributed by atoms with Crippen molar-refractivity contribution < 1.29 is 14.7 Å². The molecule has 3 N–H and O–H groups in total. The maximum atomic E-state index is 12.2. The van der Waals surface area contributed by atoms with E-state index in [0.717, 1.165) is 16.7 Å². The summed E-state index contributed by atoms with van der Waals surface area (Å²) in [7, 11) is 1.76. The summed E-state index contributed by atoms with van der Waals surface area (Å²) in [4.78, 5) is 23.2.